The lowest BCUT2D eigenvalue weighted by molar-refractivity contribution is 0.824. The molecule has 2 atom stereocenters. The monoisotopic (exact) mass is 619 g/mol. The topological polar surface area (TPSA) is 0 Å². The highest BCUT2D eigenvalue weighted by Crippen LogP contribution is 2.49. The first-order chi connectivity index (χ1) is 22.9. The van der Waals surface area contributed by atoms with Crippen molar-refractivity contribution in [2.75, 3.05) is 0 Å². The summed E-state index contributed by atoms with van der Waals surface area (Å²) < 4.78 is 0. The molecule has 250 valence electrons. The van der Waals surface area contributed by atoms with Gasteiger partial charge in [-0.25, -0.2) is 0 Å². The molecular weight excluding hydrogens is 553 g/mol. The molecule has 4 aromatic carbocycles. The Labute approximate surface area is 285 Å². The minimum atomic E-state index is 0.532. The minimum Gasteiger partial charge on any atom is -0.0830 e. The fraction of sp³-hybridized carbons (Fsp3) is 0.391. The maximum atomic E-state index is 2.32. The van der Waals surface area contributed by atoms with E-state index in [2.05, 4.69) is 109 Å². The highest BCUT2D eigenvalue weighted by molar-refractivity contribution is 6.03. The molecule has 0 nitrogen and oxygen atoms in total. The standard InChI is InChI=1S/C20H14.C12H10.7C2H6/c1-5-13-6-2-11-17-18-12-4-8-14-7-3-10-16(20(14)18)15(9-1)19(13)17;1-3-9-4-2-6-11-8-7-10(5-1)12(9)11;7*1-2/h1-11,18H,12H2;1-5,7-8,11H,6H2;7*1-2H3. The van der Waals surface area contributed by atoms with E-state index < -0.39 is 0 Å². The number of hydrogen-bond acceptors (Lipinski definition) is 0. The van der Waals surface area contributed by atoms with Crippen LogP contribution in [0.1, 0.15) is 155 Å². The molecule has 0 fully saturated rings. The van der Waals surface area contributed by atoms with Crippen molar-refractivity contribution in [1.82, 2.24) is 0 Å². The first-order valence-corrected chi connectivity index (χ1v) is 18.7. The molecule has 8 rings (SSSR count). The summed E-state index contributed by atoms with van der Waals surface area (Å²) in [7, 11) is 0. The van der Waals surface area contributed by atoms with Gasteiger partial charge in [-0.3, -0.25) is 0 Å². The average Bonchev–Trinajstić information content (AvgIpc) is 3.61. The summed E-state index contributed by atoms with van der Waals surface area (Å²) in [5.41, 5.74) is 11.6. The van der Waals surface area contributed by atoms with Crippen LogP contribution in [-0.4, -0.2) is 0 Å². The number of hydrogen-bond donors (Lipinski definition) is 0. The van der Waals surface area contributed by atoms with E-state index in [0.717, 1.165) is 6.42 Å². The van der Waals surface area contributed by atoms with Crippen LogP contribution in [-0.2, 0) is 0 Å². The molecule has 0 aromatic heterocycles. The van der Waals surface area contributed by atoms with E-state index in [9.17, 15) is 0 Å². The molecule has 0 N–H and O–H groups in total. The van der Waals surface area contributed by atoms with Gasteiger partial charge in [0.1, 0.15) is 0 Å². The summed E-state index contributed by atoms with van der Waals surface area (Å²) in [6.45, 7) is 28.0. The molecule has 0 saturated heterocycles. The molecule has 2 unspecified atom stereocenters. The lowest BCUT2D eigenvalue weighted by Crippen LogP contribution is -2.12. The molecule has 0 bridgehead atoms. The van der Waals surface area contributed by atoms with E-state index >= 15 is 0 Å². The highest BCUT2D eigenvalue weighted by Gasteiger charge is 2.29. The Balaban J connectivity index is 0.000000672. The van der Waals surface area contributed by atoms with E-state index in [-0.39, 0.29) is 0 Å². The molecular formula is C46H66. The predicted molar refractivity (Wildman–Crippen MR) is 216 cm³/mol. The zero-order chi connectivity index (χ0) is 35.1. The number of rotatable bonds is 0. The van der Waals surface area contributed by atoms with Crippen LogP contribution in [0.4, 0.5) is 0 Å². The van der Waals surface area contributed by atoms with E-state index in [1.807, 2.05) is 96.9 Å². The quantitative estimate of drug-likeness (QED) is 0.184. The predicted octanol–water partition coefficient (Wildman–Crippen LogP) is 15.8. The van der Waals surface area contributed by atoms with Gasteiger partial charge < -0.3 is 0 Å². The molecule has 4 aliphatic carbocycles. The third kappa shape index (κ3) is 9.45. The van der Waals surface area contributed by atoms with Crippen LogP contribution in [0.3, 0.4) is 0 Å². The second kappa shape index (κ2) is 24.6. The summed E-state index contributed by atoms with van der Waals surface area (Å²) in [4.78, 5) is 0. The molecule has 0 saturated carbocycles. The third-order valence-corrected chi connectivity index (χ3v) is 7.50. The first kappa shape index (κ1) is 42.4. The smallest absolute Gasteiger partial charge is 0.0142 e. The number of benzene rings is 4. The lowest BCUT2D eigenvalue weighted by atomic mass is 9.72. The molecule has 4 aromatic rings. The largest absolute Gasteiger partial charge is 0.0830 e. The fourth-order valence-corrected chi connectivity index (χ4v) is 6.14. The molecule has 0 heteroatoms. The lowest BCUT2D eigenvalue weighted by Gasteiger charge is -2.31. The van der Waals surface area contributed by atoms with Gasteiger partial charge in [0.05, 0.1) is 0 Å². The summed E-state index contributed by atoms with van der Waals surface area (Å²) in [5, 5.41) is 2.82. The fourth-order valence-electron chi connectivity index (χ4n) is 6.14. The molecule has 0 aliphatic heterocycles. The molecule has 46 heavy (non-hydrogen) atoms. The average molecular weight is 619 g/mol. The van der Waals surface area contributed by atoms with Gasteiger partial charge in [-0.1, -0.05) is 206 Å². The Kier molecular flexibility index (Phi) is 22.6. The van der Waals surface area contributed by atoms with Crippen molar-refractivity contribution in [3.8, 4) is 11.1 Å². The Morgan fingerprint density at radius 1 is 0.435 bits per heavy atom. The van der Waals surface area contributed by atoms with Gasteiger partial charge in [-0.2, -0.15) is 0 Å². The van der Waals surface area contributed by atoms with Crippen molar-refractivity contribution in [1.29, 1.82) is 0 Å². The van der Waals surface area contributed by atoms with Gasteiger partial charge in [0.25, 0.3) is 0 Å². The SMILES string of the molecule is C1=Cc2cccc3c2C(C1)c1cccc2cccc-3c12.C1=Cc2cccc3c2C(C=C3)C1.CC.CC.CC.CC.CC.CC.CC. The summed E-state index contributed by atoms with van der Waals surface area (Å²) in [6.07, 6.45) is 16.0. The van der Waals surface area contributed by atoms with Crippen LogP contribution in [0.5, 0.6) is 0 Å². The van der Waals surface area contributed by atoms with Crippen LogP contribution in [0.25, 0.3) is 40.1 Å². The van der Waals surface area contributed by atoms with Crippen molar-refractivity contribution in [3.63, 3.8) is 0 Å². The van der Waals surface area contributed by atoms with Crippen LogP contribution < -0.4 is 0 Å². The van der Waals surface area contributed by atoms with E-state index in [0.29, 0.717) is 11.8 Å². The summed E-state index contributed by atoms with van der Waals surface area (Å²) in [5.74, 6) is 1.20. The number of allylic oxidation sites excluding steroid dienone is 3. The van der Waals surface area contributed by atoms with Crippen LogP contribution in [0.2, 0.25) is 0 Å². The summed E-state index contributed by atoms with van der Waals surface area (Å²) in [6, 6.07) is 26.7. The van der Waals surface area contributed by atoms with Crippen LogP contribution >= 0.6 is 0 Å². The van der Waals surface area contributed by atoms with Crippen molar-refractivity contribution in [2.24, 2.45) is 0 Å². The zero-order valence-electron chi connectivity index (χ0n) is 32.0. The van der Waals surface area contributed by atoms with Gasteiger partial charge >= 0.3 is 0 Å². The first-order valence-electron chi connectivity index (χ1n) is 18.7. The maximum absolute atomic E-state index is 2.32. The van der Waals surface area contributed by atoms with E-state index in [1.54, 1.807) is 5.56 Å². The van der Waals surface area contributed by atoms with Crippen LogP contribution in [0, 0.1) is 0 Å². The second-order valence-electron chi connectivity index (χ2n) is 9.20. The molecule has 0 radical (unpaired) electrons. The van der Waals surface area contributed by atoms with E-state index in [1.165, 1.54) is 56.1 Å². The van der Waals surface area contributed by atoms with Crippen LogP contribution in [0.15, 0.2) is 91.0 Å². The Bertz CT molecular complexity index is 1470. The van der Waals surface area contributed by atoms with E-state index in [4.69, 9.17) is 0 Å². The minimum absolute atomic E-state index is 0.532. The van der Waals surface area contributed by atoms with Gasteiger partial charge in [0, 0.05) is 11.8 Å². The van der Waals surface area contributed by atoms with Gasteiger partial charge in [-0.15, -0.1) is 0 Å². The summed E-state index contributed by atoms with van der Waals surface area (Å²) >= 11 is 0. The van der Waals surface area contributed by atoms with Gasteiger partial charge in [0.15, 0.2) is 0 Å². The maximum Gasteiger partial charge on any atom is 0.0142 e. The number of fused-ring (bicyclic) bond motifs is 2. The Hall–Kier alpha value is -3.64. The van der Waals surface area contributed by atoms with Crippen molar-refractivity contribution in [3.05, 3.63) is 124 Å². The zero-order valence-corrected chi connectivity index (χ0v) is 32.0. The highest BCUT2D eigenvalue weighted by atomic mass is 14.3. The van der Waals surface area contributed by atoms with Crippen molar-refractivity contribution < 1.29 is 0 Å². The molecule has 0 heterocycles. The third-order valence-electron chi connectivity index (χ3n) is 7.50. The molecule has 0 spiro atoms. The Morgan fingerprint density at radius 2 is 0.891 bits per heavy atom. The van der Waals surface area contributed by atoms with Crippen molar-refractivity contribution in [2.45, 2.75) is 122 Å². The van der Waals surface area contributed by atoms with Gasteiger partial charge in [-0.05, 0) is 68.1 Å². The normalized spacial score (nSPS) is 14.7. The molecule has 0 amide bonds. The van der Waals surface area contributed by atoms with Gasteiger partial charge in [0.2, 0.25) is 0 Å². The Morgan fingerprint density at radius 3 is 1.50 bits per heavy atom. The molecule has 4 aliphatic rings. The second-order valence-corrected chi connectivity index (χ2v) is 9.20. The van der Waals surface area contributed by atoms with Crippen molar-refractivity contribution >= 4 is 29.0 Å².